The van der Waals surface area contributed by atoms with Crippen LogP contribution < -0.4 is 4.74 Å². The molecule has 3 heteroatoms. The zero-order chi connectivity index (χ0) is 13.4. The summed E-state index contributed by atoms with van der Waals surface area (Å²) < 4.78 is 19.3. The molecule has 0 aliphatic rings. The van der Waals surface area contributed by atoms with E-state index in [2.05, 4.69) is 18.8 Å². The summed E-state index contributed by atoms with van der Waals surface area (Å²) in [5.41, 5.74) is 0.385. The Hall–Kier alpha value is -1.20. The fourth-order valence-electron chi connectivity index (χ4n) is 1.57. The second-order valence-electron chi connectivity index (χ2n) is 4.10. The normalized spacial score (nSPS) is 11.6. The summed E-state index contributed by atoms with van der Waals surface area (Å²) in [7, 11) is 0. The molecule has 0 bridgehead atoms. The zero-order valence-electron chi connectivity index (χ0n) is 10.8. The lowest BCUT2D eigenvalue weighted by molar-refractivity contribution is 0.209. The Morgan fingerprint density at radius 3 is 2.83 bits per heavy atom. The third-order valence-corrected chi connectivity index (χ3v) is 2.60. The van der Waals surface area contributed by atoms with Crippen LogP contribution in [0.15, 0.2) is 18.2 Å². The van der Waals surface area contributed by atoms with Gasteiger partial charge in [-0.05, 0) is 25.5 Å². The predicted octanol–water partition coefficient (Wildman–Crippen LogP) is 4.37. The van der Waals surface area contributed by atoms with Gasteiger partial charge in [0.25, 0.3) is 0 Å². The summed E-state index contributed by atoms with van der Waals surface area (Å²) in [4.78, 5) is 0. The topological polar surface area (TPSA) is 9.23 Å². The Bertz CT molecular complexity index is 434. The van der Waals surface area contributed by atoms with Gasteiger partial charge in [-0.25, -0.2) is 4.39 Å². The number of alkyl halides is 1. The second-order valence-corrected chi connectivity index (χ2v) is 4.48. The first-order valence-corrected chi connectivity index (χ1v) is 6.71. The Morgan fingerprint density at radius 2 is 2.22 bits per heavy atom. The van der Waals surface area contributed by atoms with Crippen LogP contribution in [0.5, 0.6) is 5.75 Å². The number of hydrogen-bond donors (Lipinski definition) is 0. The highest BCUT2D eigenvalue weighted by Crippen LogP contribution is 2.18. The maximum atomic E-state index is 13.7. The fraction of sp³-hybridized carbons (Fsp3) is 0.467. The quantitative estimate of drug-likeness (QED) is 0.569. The van der Waals surface area contributed by atoms with Crippen LogP contribution in [-0.2, 0) is 0 Å². The first-order chi connectivity index (χ1) is 8.67. The van der Waals surface area contributed by atoms with Gasteiger partial charge in [-0.15, -0.1) is 11.6 Å². The number of ether oxygens (including phenoxy) is 1. The van der Waals surface area contributed by atoms with Crippen LogP contribution >= 0.6 is 11.6 Å². The van der Waals surface area contributed by atoms with E-state index in [0.29, 0.717) is 23.6 Å². The van der Waals surface area contributed by atoms with E-state index < -0.39 is 0 Å². The molecule has 0 aliphatic carbocycles. The molecule has 0 radical (unpaired) electrons. The molecule has 0 spiro atoms. The lowest BCUT2D eigenvalue weighted by Crippen LogP contribution is -2.11. The van der Waals surface area contributed by atoms with Crippen molar-refractivity contribution >= 4 is 11.6 Å². The van der Waals surface area contributed by atoms with E-state index >= 15 is 0 Å². The molecule has 1 unspecified atom stereocenters. The van der Waals surface area contributed by atoms with Crippen molar-refractivity contribution in [2.75, 3.05) is 5.88 Å². The maximum Gasteiger partial charge on any atom is 0.142 e. The largest absolute Gasteiger partial charge is 0.491 e. The van der Waals surface area contributed by atoms with Crippen LogP contribution in [-0.4, -0.2) is 12.0 Å². The minimum Gasteiger partial charge on any atom is -0.491 e. The molecule has 1 rings (SSSR count). The van der Waals surface area contributed by atoms with Gasteiger partial charge in [0.05, 0.1) is 11.7 Å². The van der Waals surface area contributed by atoms with Crippen molar-refractivity contribution in [2.45, 2.75) is 39.2 Å². The van der Waals surface area contributed by atoms with Gasteiger partial charge in [0.15, 0.2) is 0 Å². The van der Waals surface area contributed by atoms with Crippen molar-refractivity contribution in [1.82, 2.24) is 0 Å². The van der Waals surface area contributed by atoms with Crippen molar-refractivity contribution in [3.63, 3.8) is 0 Å². The van der Waals surface area contributed by atoms with Gasteiger partial charge in [0.2, 0.25) is 0 Å². The first kappa shape index (κ1) is 14.9. The van der Waals surface area contributed by atoms with Crippen LogP contribution in [0.1, 0.15) is 38.7 Å². The molecule has 0 aliphatic heterocycles. The Labute approximate surface area is 113 Å². The molecule has 0 saturated carbocycles. The van der Waals surface area contributed by atoms with Gasteiger partial charge < -0.3 is 4.74 Å². The molecule has 1 nitrogen and oxygen atoms in total. The van der Waals surface area contributed by atoms with E-state index in [1.165, 1.54) is 6.07 Å². The lowest BCUT2D eigenvalue weighted by Gasteiger charge is -2.13. The second kappa shape index (κ2) is 8.00. The molecule has 1 atom stereocenters. The van der Waals surface area contributed by atoms with Crippen molar-refractivity contribution in [1.29, 1.82) is 0 Å². The van der Waals surface area contributed by atoms with Gasteiger partial charge in [-0.1, -0.05) is 25.2 Å². The Kier molecular flexibility index (Phi) is 6.60. The maximum absolute atomic E-state index is 13.7. The summed E-state index contributed by atoms with van der Waals surface area (Å²) in [5.74, 6) is 6.23. The molecule has 18 heavy (non-hydrogen) atoms. The highest BCUT2D eigenvalue weighted by Gasteiger charge is 2.06. The smallest absolute Gasteiger partial charge is 0.142 e. The zero-order valence-corrected chi connectivity index (χ0v) is 11.6. The summed E-state index contributed by atoms with van der Waals surface area (Å²) >= 11 is 5.50. The highest BCUT2D eigenvalue weighted by atomic mass is 35.5. The van der Waals surface area contributed by atoms with E-state index in [9.17, 15) is 4.39 Å². The molecular weight excluding hydrogens is 251 g/mol. The standard InChI is InChI=1S/C15H18ClFO/c1-3-6-12(2)18-14-9-8-13(15(17)11-14)7-4-5-10-16/h8-9,11-12H,3,5-6,10H2,1-2H3. The minimum atomic E-state index is -0.349. The van der Waals surface area contributed by atoms with Crippen LogP contribution in [0, 0.1) is 17.7 Å². The van der Waals surface area contributed by atoms with Crippen molar-refractivity contribution in [2.24, 2.45) is 0 Å². The van der Waals surface area contributed by atoms with Gasteiger partial charge in [0, 0.05) is 18.4 Å². The molecule has 98 valence electrons. The fourth-order valence-corrected chi connectivity index (χ4v) is 1.67. The average Bonchev–Trinajstić information content (AvgIpc) is 2.32. The molecular formula is C15H18ClFO. The average molecular weight is 269 g/mol. The van der Waals surface area contributed by atoms with Crippen LogP contribution in [0.2, 0.25) is 0 Å². The first-order valence-electron chi connectivity index (χ1n) is 6.18. The van der Waals surface area contributed by atoms with E-state index in [-0.39, 0.29) is 11.9 Å². The summed E-state index contributed by atoms with van der Waals surface area (Å²) in [6.07, 6.45) is 2.67. The Morgan fingerprint density at radius 1 is 1.44 bits per heavy atom. The lowest BCUT2D eigenvalue weighted by atomic mass is 10.2. The van der Waals surface area contributed by atoms with Crippen LogP contribution in [0.3, 0.4) is 0 Å². The van der Waals surface area contributed by atoms with E-state index in [1.54, 1.807) is 12.1 Å². The molecule has 1 aromatic carbocycles. The predicted molar refractivity (Wildman–Crippen MR) is 73.6 cm³/mol. The van der Waals surface area contributed by atoms with E-state index in [1.807, 2.05) is 6.92 Å². The molecule has 0 heterocycles. The minimum absolute atomic E-state index is 0.0996. The third-order valence-electron chi connectivity index (χ3n) is 2.42. The van der Waals surface area contributed by atoms with Gasteiger partial charge >= 0.3 is 0 Å². The molecule has 0 fully saturated rings. The van der Waals surface area contributed by atoms with Gasteiger partial charge in [0.1, 0.15) is 11.6 Å². The number of rotatable bonds is 5. The summed E-state index contributed by atoms with van der Waals surface area (Å²) in [6, 6.07) is 4.78. The summed E-state index contributed by atoms with van der Waals surface area (Å²) in [6.45, 7) is 4.07. The SMILES string of the molecule is CCCC(C)Oc1ccc(C#CCCCl)c(F)c1. The van der Waals surface area contributed by atoms with Crippen LogP contribution in [0.4, 0.5) is 4.39 Å². The molecule has 0 aromatic heterocycles. The molecule has 1 aromatic rings. The molecule has 0 saturated heterocycles. The third kappa shape index (κ3) is 4.98. The van der Waals surface area contributed by atoms with Crippen molar-refractivity contribution in [3.05, 3.63) is 29.6 Å². The van der Waals surface area contributed by atoms with Gasteiger partial charge in [-0.3, -0.25) is 0 Å². The molecule has 0 N–H and O–H groups in total. The van der Waals surface area contributed by atoms with Crippen molar-refractivity contribution in [3.8, 4) is 17.6 Å². The van der Waals surface area contributed by atoms with Gasteiger partial charge in [-0.2, -0.15) is 0 Å². The number of benzene rings is 1. The number of hydrogen-bond acceptors (Lipinski definition) is 1. The summed E-state index contributed by atoms with van der Waals surface area (Å²) in [5, 5.41) is 0. The Balaban J connectivity index is 2.71. The van der Waals surface area contributed by atoms with E-state index in [4.69, 9.17) is 16.3 Å². The monoisotopic (exact) mass is 268 g/mol. The van der Waals surface area contributed by atoms with Crippen LogP contribution in [0.25, 0.3) is 0 Å². The van der Waals surface area contributed by atoms with E-state index in [0.717, 1.165) is 12.8 Å². The van der Waals surface area contributed by atoms with Crippen molar-refractivity contribution < 1.29 is 9.13 Å². The number of halogens is 2. The highest BCUT2D eigenvalue weighted by molar-refractivity contribution is 6.18. The molecule has 0 amide bonds.